The molecule has 0 aliphatic carbocycles. The van der Waals surface area contributed by atoms with Gasteiger partial charge in [0, 0.05) is 6.07 Å². The third kappa shape index (κ3) is 1.52. The van der Waals surface area contributed by atoms with Gasteiger partial charge in [-0.05, 0) is 30.0 Å². The van der Waals surface area contributed by atoms with Gasteiger partial charge in [0.15, 0.2) is 0 Å². The Balaban J connectivity index is 3.23. The van der Waals surface area contributed by atoms with Crippen molar-refractivity contribution < 1.29 is 10.2 Å². The van der Waals surface area contributed by atoms with Crippen LogP contribution < -0.4 is 0 Å². The summed E-state index contributed by atoms with van der Waals surface area (Å²) in [5.74, 6) is 0.606. The van der Waals surface area contributed by atoms with Crippen LogP contribution in [0.5, 0.6) is 11.5 Å². The van der Waals surface area contributed by atoms with Crippen LogP contribution in [-0.2, 0) is 0 Å². The molecule has 2 N–H and O–H groups in total. The van der Waals surface area contributed by atoms with E-state index in [-0.39, 0.29) is 17.4 Å². The van der Waals surface area contributed by atoms with E-state index >= 15 is 0 Å². The van der Waals surface area contributed by atoms with Crippen molar-refractivity contribution in [3.8, 4) is 11.5 Å². The van der Waals surface area contributed by atoms with Crippen LogP contribution >= 0.6 is 0 Å². The van der Waals surface area contributed by atoms with Crippen LogP contribution in [0.2, 0.25) is 0 Å². The Morgan fingerprint density at radius 3 is 2.17 bits per heavy atom. The molecule has 0 bridgehead atoms. The molecule has 0 atom stereocenters. The van der Waals surface area contributed by atoms with Gasteiger partial charge >= 0.3 is 0 Å². The largest absolute Gasteiger partial charge is 0.508 e. The number of hydrogen-bond donors (Lipinski definition) is 2. The van der Waals surface area contributed by atoms with Crippen LogP contribution in [0, 0.1) is 6.92 Å². The van der Waals surface area contributed by atoms with Gasteiger partial charge in [-0.15, -0.1) is 0 Å². The van der Waals surface area contributed by atoms with E-state index < -0.39 is 0 Å². The molecule has 0 radical (unpaired) electrons. The zero-order valence-corrected chi connectivity index (χ0v) is 7.63. The molecule has 66 valence electrons. The molecule has 1 aromatic rings. The minimum Gasteiger partial charge on any atom is -0.508 e. The molecular formula is C10H14O2. The lowest BCUT2D eigenvalue weighted by molar-refractivity contribution is 0.441. The average Bonchev–Trinajstić information content (AvgIpc) is 1.96. The quantitative estimate of drug-likeness (QED) is 0.673. The van der Waals surface area contributed by atoms with Gasteiger partial charge in [0.05, 0.1) is 0 Å². The van der Waals surface area contributed by atoms with Gasteiger partial charge in [-0.25, -0.2) is 0 Å². The van der Waals surface area contributed by atoms with E-state index in [1.54, 1.807) is 0 Å². The molecule has 0 unspecified atom stereocenters. The van der Waals surface area contributed by atoms with E-state index in [0.717, 1.165) is 11.1 Å². The lowest BCUT2D eigenvalue weighted by Gasteiger charge is -2.09. The molecule has 0 amide bonds. The van der Waals surface area contributed by atoms with E-state index in [0.29, 0.717) is 0 Å². The number of aryl methyl sites for hydroxylation is 1. The highest BCUT2D eigenvalue weighted by Crippen LogP contribution is 2.31. The Labute approximate surface area is 72.5 Å². The molecule has 1 rings (SSSR count). The molecular weight excluding hydrogens is 152 g/mol. The van der Waals surface area contributed by atoms with Crippen molar-refractivity contribution in [2.24, 2.45) is 0 Å². The maximum absolute atomic E-state index is 9.43. The summed E-state index contributed by atoms with van der Waals surface area (Å²) in [5.41, 5.74) is 1.68. The maximum Gasteiger partial charge on any atom is 0.122 e. The zero-order chi connectivity index (χ0) is 9.30. The second kappa shape index (κ2) is 3.05. The fraction of sp³-hybridized carbons (Fsp3) is 0.400. The topological polar surface area (TPSA) is 40.5 Å². The predicted octanol–water partition coefficient (Wildman–Crippen LogP) is 2.53. The molecule has 2 heteroatoms. The molecule has 0 aromatic heterocycles. The van der Waals surface area contributed by atoms with Crippen molar-refractivity contribution in [3.05, 3.63) is 23.3 Å². The summed E-state index contributed by atoms with van der Waals surface area (Å²) in [5, 5.41) is 18.7. The standard InChI is InChI=1S/C10H14O2/c1-6(2)8-4-7(3)9(11)5-10(8)12/h4-6,11-12H,1-3H3. The van der Waals surface area contributed by atoms with E-state index in [1.807, 2.05) is 26.8 Å². The van der Waals surface area contributed by atoms with Crippen molar-refractivity contribution in [2.45, 2.75) is 26.7 Å². The summed E-state index contributed by atoms with van der Waals surface area (Å²) < 4.78 is 0. The summed E-state index contributed by atoms with van der Waals surface area (Å²) in [7, 11) is 0. The number of rotatable bonds is 1. The molecule has 0 spiro atoms. The zero-order valence-electron chi connectivity index (χ0n) is 7.63. The number of benzene rings is 1. The lowest BCUT2D eigenvalue weighted by Crippen LogP contribution is -1.89. The van der Waals surface area contributed by atoms with Crippen LogP contribution in [0.1, 0.15) is 30.9 Å². The molecule has 0 aliphatic rings. The van der Waals surface area contributed by atoms with Gasteiger partial charge in [0.2, 0.25) is 0 Å². The van der Waals surface area contributed by atoms with E-state index in [4.69, 9.17) is 0 Å². The summed E-state index contributed by atoms with van der Waals surface area (Å²) in [6.45, 7) is 5.83. The van der Waals surface area contributed by atoms with Crippen molar-refractivity contribution in [2.75, 3.05) is 0 Å². The Bertz CT molecular complexity index is 290. The second-order valence-electron chi connectivity index (χ2n) is 3.35. The molecule has 0 saturated carbocycles. The van der Waals surface area contributed by atoms with Crippen LogP contribution in [-0.4, -0.2) is 10.2 Å². The van der Waals surface area contributed by atoms with Gasteiger partial charge < -0.3 is 10.2 Å². The fourth-order valence-corrected chi connectivity index (χ4v) is 1.17. The first-order chi connectivity index (χ1) is 5.52. The van der Waals surface area contributed by atoms with Crippen molar-refractivity contribution in [3.63, 3.8) is 0 Å². The maximum atomic E-state index is 9.43. The van der Waals surface area contributed by atoms with Crippen molar-refractivity contribution in [1.29, 1.82) is 0 Å². The molecule has 12 heavy (non-hydrogen) atoms. The predicted molar refractivity (Wildman–Crippen MR) is 48.6 cm³/mol. The first kappa shape index (κ1) is 8.91. The Morgan fingerprint density at radius 1 is 1.08 bits per heavy atom. The van der Waals surface area contributed by atoms with E-state index in [1.165, 1.54) is 6.07 Å². The van der Waals surface area contributed by atoms with Gasteiger partial charge in [0.25, 0.3) is 0 Å². The molecule has 2 nitrogen and oxygen atoms in total. The van der Waals surface area contributed by atoms with E-state index in [2.05, 4.69) is 0 Å². The number of aromatic hydroxyl groups is 2. The number of phenols is 2. The number of hydrogen-bond acceptors (Lipinski definition) is 2. The number of phenolic OH excluding ortho intramolecular Hbond substituents is 2. The minimum atomic E-state index is 0.150. The monoisotopic (exact) mass is 166 g/mol. The normalized spacial score (nSPS) is 10.7. The van der Waals surface area contributed by atoms with Gasteiger partial charge in [-0.1, -0.05) is 13.8 Å². The first-order valence-electron chi connectivity index (χ1n) is 4.05. The third-order valence-electron chi connectivity index (χ3n) is 1.97. The van der Waals surface area contributed by atoms with Crippen LogP contribution in [0.3, 0.4) is 0 Å². The van der Waals surface area contributed by atoms with Crippen LogP contribution in [0.15, 0.2) is 12.1 Å². The SMILES string of the molecule is Cc1cc(C(C)C)c(O)cc1O. The van der Waals surface area contributed by atoms with Crippen molar-refractivity contribution in [1.82, 2.24) is 0 Å². The molecule has 0 aliphatic heterocycles. The third-order valence-corrected chi connectivity index (χ3v) is 1.97. The Morgan fingerprint density at radius 2 is 1.67 bits per heavy atom. The summed E-state index contributed by atoms with van der Waals surface area (Å²) in [6.07, 6.45) is 0. The first-order valence-corrected chi connectivity index (χ1v) is 4.05. The summed E-state index contributed by atoms with van der Waals surface area (Å²) in [4.78, 5) is 0. The minimum absolute atomic E-state index is 0.150. The highest BCUT2D eigenvalue weighted by atomic mass is 16.3. The molecule has 0 heterocycles. The molecule has 0 fully saturated rings. The smallest absolute Gasteiger partial charge is 0.122 e. The summed E-state index contributed by atoms with van der Waals surface area (Å²) >= 11 is 0. The second-order valence-corrected chi connectivity index (χ2v) is 3.35. The Kier molecular flexibility index (Phi) is 2.27. The highest BCUT2D eigenvalue weighted by Gasteiger charge is 2.08. The van der Waals surface area contributed by atoms with Gasteiger partial charge in [-0.2, -0.15) is 0 Å². The fourth-order valence-electron chi connectivity index (χ4n) is 1.17. The lowest BCUT2D eigenvalue weighted by atomic mass is 9.99. The van der Waals surface area contributed by atoms with Gasteiger partial charge in [-0.3, -0.25) is 0 Å². The van der Waals surface area contributed by atoms with E-state index in [9.17, 15) is 10.2 Å². The highest BCUT2D eigenvalue weighted by molar-refractivity contribution is 5.45. The van der Waals surface area contributed by atoms with Crippen LogP contribution in [0.25, 0.3) is 0 Å². The van der Waals surface area contributed by atoms with Gasteiger partial charge in [0.1, 0.15) is 11.5 Å². The Hall–Kier alpha value is -1.18. The van der Waals surface area contributed by atoms with Crippen LogP contribution in [0.4, 0.5) is 0 Å². The average molecular weight is 166 g/mol. The molecule has 0 saturated heterocycles. The summed E-state index contributed by atoms with van der Waals surface area (Å²) in [6, 6.07) is 3.21. The van der Waals surface area contributed by atoms with Crippen molar-refractivity contribution >= 4 is 0 Å². The molecule has 1 aromatic carbocycles.